The quantitative estimate of drug-likeness (QED) is 0.718. The van der Waals surface area contributed by atoms with Gasteiger partial charge in [-0.1, -0.05) is 37.6 Å². The Kier molecular flexibility index (Phi) is 5.72. The lowest BCUT2D eigenvalue weighted by Crippen LogP contribution is -2.30. The maximum Gasteiger partial charge on any atom is 0.255 e. The number of nitrogens with two attached hydrogens (primary N) is 1. The van der Waals surface area contributed by atoms with Gasteiger partial charge < -0.3 is 16.0 Å². The van der Waals surface area contributed by atoms with Crippen LogP contribution in [-0.2, 0) is 0 Å². The number of benzene rings is 2. The fourth-order valence-corrected chi connectivity index (χ4v) is 3.51. The lowest BCUT2D eigenvalue weighted by Gasteiger charge is -2.30. The Labute approximate surface area is 160 Å². The van der Waals surface area contributed by atoms with Gasteiger partial charge in [-0.05, 0) is 55.0 Å². The first-order valence-electron chi connectivity index (χ1n) is 9.21. The molecule has 2 aromatic carbocycles. The van der Waals surface area contributed by atoms with Gasteiger partial charge in [0.05, 0.1) is 22.1 Å². The minimum absolute atomic E-state index is 0.170. The lowest BCUT2D eigenvalue weighted by atomic mass is 10.0. The highest BCUT2D eigenvalue weighted by atomic mass is 35.5. The summed E-state index contributed by atoms with van der Waals surface area (Å²) >= 11 is 6.33. The Hall–Kier alpha value is -2.20. The number of carbonyl (C=O) groups excluding carboxylic acids is 1. The molecular weight excluding hydrogens is 346 g/mol. The van der Waals surface area contributed by atoms with Crippen LogP contribution >= 0.6 is 11.6 Å². The number of nitrogens with zero attached hydrogens (tertiary/aromatic N) is 1. The van der Waals surface area contributed by atoms with E-state index in [9.17, 15) is 4.79 Å². The van der Waals surface area contributed by atoms with Gasteiger partial charge in [0.1, 0.15) is 0 Å². The van der Waals surface area contributed by atoms with Crippen molar-refractivity contribution in [2.24, 2.45) is 0 Å². The van der Waals surface area contributed by atoms with E-state index in [-0.39, 0.29) is 5.91 Å². The second kappa shape index (κ2) is 8.00. The molecule has 26 heavy (non-hydrogen) atoms. The van der Waals surface area contributed by atoms with E-state index in [1.165, 1.54) is 12.0 Å². The number of carbonyl (C=O) groups is 1. The van der Waals surface area contributed by atoms with Crippen molar-refractivity contribution in [3.05, 3.63) is 52.5 Å². The van der Waals surface area contributed by atoms with E-state index in [2.05, 4.69) is 24.1 Å². The molecule has 0 aliphatic carbocycles. The highest BCUT2D eigenvalue weighted by Crippen LogP contribution is 2.35. The molecule has 1 saturated heterocycles. The fourth-order valence-electron chi connectivity index (χ4n) is 3.30. The molecule has 1 aliphatic rings. The van der Waals surface area contributed by atoms with Crippen LogP contribution < -0.4 is 16.0 Å². The first-order valence-corrected chi connectivity index (χ1v) is 9.59. The first kappa shape index (κ1) is 18.6. The van der Waals surface area contributed by atoms with Gasteiger partial charge in [-0.15, -0.1) is 0 Å². The van der Waals surface area contributed by atoms with Crippen LogP contribution in [0, 0.1) is 0 Å². The zero-order valence-corrected chi connectivity index (χ0v) is 16.1. The van der Waals surface area contributed by atoms with Gasteiger partial charge in [0.2, 0.25) is 0 Å². The van der Waals surface area contributed by atoms with Crippen LogP contribution in [0.2, 0.25) is 5.02 Å². The minimum atomic E-state index is -0.170. The van der Waals surface area contributed by atoms with Crippen molar-refractivity contribution in [1.82, 2.24) is 0 Å². The molecule has 0 bridgehead atoms. The van der Waals surface area contributed by atoms with Crippen LogP contribution in [-0.4, -0.2) is 19.0 Å². The zero-order valence-electron chi connectivity index (χ0n) is 15.4. The van der Waals surface area contributed by atoms with Crippen LogP contribution in [0.25, 0.3) is 0 Å². The van der Waals surface area contributed by atoms with Gasteiger partial charge in [-0.3, -0.25) is 4.79 Å². The van der Waals surface area contributed by atoms with Gasteiger partial charge >= 0.3 is 0 Å². The average molecular weight is 372 g/mol. The van der Waals surface area contributed by atoms with Gasteiger partial charge in [0.15, 0.2) is 0 Å². The van der Waals surface area contributed by atoms with E-state index in [1.807, 2.05) is 30.3 Å². The van der Waals surface area contributed by atoms with Crippen LogP contribution in [0.3, 0.4) is 0 Å². The van der Waals surface area contributed by atoms with Crippen molar-refractivity contribution in [2.75, 3.05) is 29.0 Å². The molecule has 3 N–H and O–H groups in total. The van der Waals surface area contributed by atoms with Gasteiger partial charge in [0, 0.05) is 18.7 Å². The third kappa shape index (κ3) is 4.13. The van der Waals surface area contributed by atoms with Crippen molar-refractivity contribution in [3.8, 4) is 0 Å². The number of amides is 1. The maximum absolute atomic E-state index is 12.6. The van der Waals surface area contributed by atoms with Crippen LogP contribution in [0.15, 0.2) is 36.4 Å². The zero-order chi connectivity index (χ0) is 18.7. The number of nitrogen functional groups attached to an aromatic ring is 1. The van der Waals surface area contributed by atoms with Crippen LogP contribution in [0.1, 0.15) is 54.9 Å². The van der Waals surface area contributed by atoms with Crippen molar-refractivity contribution in [1.29, 1.82) is 0 Å². The molecule has 1 fully saturated rings. The molecule has 0 radical (unpaired) electrons. The summed E-state index contributed by atoms with van der Waals surface area (Å²) in [4.78, 5) is 14.9. The second-order valence-corrected chi connectivity index (χ2v) is 7.58. The molecular formula is C21H26ClN3O. The molecule has 1 aliphatic heterocycles. The van der Waals surface area contributed by atoms with Crippen molar-refractivity contribution >= 4 is 34.6 Å². The standard InChI is InChI=1S/C21H26ClN3O/c1-14(2)15-6-8-16(9-7-15)21(26)24-19-13-20(18(23)12-17(19)22)25-10-4-3-5-11-25/h6-9,12-14H,3-5,10-11,23H2,1-2H3,(H,24,26). The Morgan fingerprint density at radius 3 is 2.38 bits per heavy atom. The van der Waals surface area contributed by atoms with Crippen LogP contribution in [0.4, 0.5) is 17.1 Å². The SMILES string of the molecule is CC(C)c1ccc(C(=O)Nc2cc(N3CCCCC3)c(N)cc2Cl)cc1. The number of halogens is 1. The molecule has 2 aromatic rings. The molecule has 4 nitrogen and oxygen atoms in total. The summed E-state index contributed by atoms with van der Waals surface area (Å²) in [7, 11) is 0. The normalized spacial score (nSPS) is 14.5. The van der Waals surface area contributed by atoms with Gasteiger partial charge in [-0.2, -0.15) is 0 Å². The average Bonchev–Trinajstić information content (AvgIpc) is 2.64. The summed E-state index contributed by atoms with van der Waals surface area (Å²) in [5, 5.41) is 3.38. The van der Waals surface area contributed by atoms with Gasteiger partial charge in [-0.25, -0.2) is 0 Å². The Balaban J connectivity index is 1.81. The first-order chi connectivity index (χ1) is 12.5. The molecule has 0 unspecified atom stereocenters. The summed E-state index contributed by atoms with van der Waals surface area (Å²) < 4.78 is 0. The van der Waals surface area contributed by atoms with Crippen molar-refractivity contribution in [3.63, 3.8) is 0 Å². The third-order valence-electron chi connectivity index (χ3n) is 4.90. The minimum Gasteiger partial charge on any atom is -0.397 e. The lowest BCUT2D eigenvalue weighted by molar-refractivity contribution is 0.102. The molecule has 5 heteroatoms. The topological polar surface area (TPSA) is 58.4 Å². The van der Waals surface area contributed by atoms with E-state index in [1.54, 1.807) is 6.07 Å². The van der Waals surface area contributed by atoms with Crippen molar-refractivity contribution in [2.45, 2.75) is 39.0 Å². The number of hydrogen-bond donors (Lipinski definition) is 2. The number of nitrogens with one attached hydrogen (secondary N) is 1. The second-order valence-electron chi connectivity index (χ2n) is 7.17. The molecule has 0 saturated carbocycles. The number of hydrogen-bond acceptors (Lipinski definition) is 3. The molecule has 3 rings (SSSR count). The number of rotatable bonds is 4. The summed E-state index contributed by atoms with van der Waals surface area (Å²) in [5.74, 6) is 0.266. The molecule has 0 atom stereocenters. The summed E-state index contributed by atoms with van der Waals surface area (Å²) in [6.45, 7) is 6.22. The molecule has 1 amide bonds. The predicted molar refractivity (Wildman–Crippen MR) is 110 cm³/mol. The fraction of sp³-hybridized carbons (Fsp3) is 0.381. The highest BCUT2D eigenvalue weighted by molar-refractivity contribution is 6.34. The van der Waals surface area contributed by atoms with Crippen LogP contribution in [0.5, 0.6) is 0 Å². The monoisotopic (exact) mass is 371 g/mol. The predicted octanol–water partition coefficient (Wildman–Crippen LogP) is 5.29. The smallest absolute Gasteiger partial charge is 0.255 e. The van der Waals surface area contributed by atoms with Crippen molar-refractivity contribution < 1.29 is 4.79 Å². The van der Waals surface area contributed by atoms with E-state index in [0.717, 1.165) is 31.6 Å². The molecule has 0 spiro atoms. The highest BCUT2D eigenvalue weighted by Gasteiger charge is 2.17. The maximum atomic E-state index is 12.6. The third-order valence-corrected chi connectivity index (χ3v) is 5.21. The van der Waals surface area contributed by atoms with E-state index in [0.29, 0.717) is 27.9 Å². The van der Waals surface area contributed by atoms with Gasteiger partial charge in [0.25, 0.3) is 5.91 Å². The van der Waals surface area contributed by atoms with E-state index < -0.39 is 0 Å². The van der Waals surface area contributed by atoms with E-state index in [4.69, 9.17) is 17.3 Å². The van der Waals surface area contributed by atoms with E-state index >= 15 is 0 Å². The number of anilines is 3. The summed E-state index contributed by atoms with van der Waals surface area (Å²) in [6, 6.07) is 11.3. The summed E-state index contributed by atoms with van der Waals surface area (Å²) in [6.07, 6.45) is 3.57. The summed E-state index contributed by atoms with van der Waals surface area (Å²) in [5.41, 5.74) is 10.2. The Bertz CT molecular complexity index is 781. The molecule has 1 heterocycles. The largest absolute Gasteiger partial charge is 0.397 e. The molecule has 0 aromatic heterocycles. The number of piperidine rings is 1. The molecule has 138 valence electrons. The Morgan fingerprint density at radius 1 is 1.12 bits per heavy atom. The Morgan fingerprint density at radius 2 is 1.77 bits per heavy atom.